The summed E-state index contributed by atoms with van der Waals surface area (Å²) < 4.78 is 57.5. The third-order valence-electron chi connectivity index (χ3n) is 1.50. The average molecular weight is 282 g/mol. The maximum Gasteiger partial charge on any atom is 0.522 e. The summed E-state index contributed by atoms with van der Waals surface area (Å²) in [6, 6.07) is 0. The quantitative estimate of drug-likeness (QED) is 0.557. The minimum absolute atomic E-state index is 0.102. The van der Waals surface area contributed by atoms with Crippen molar-refractivity contribution in [1.29, 1.82) is 0 Å². The normalized spacial score (nSPS) is 21.1. The Balaban J connectivity index is 0.000000281. The molecule has 1 aliphatic heterocycles. The van der Waals surface area contributed by atoms with E-state index in [1.54, 1.807) is 11.8 Å². The van der Waals surface area contributed by atoms with Crippen molar-refractivity contribution in [3.63, 3.8) is 0 Å². The van der Waals surface area contributed by atoms with Crippen LogP contribution in [-0.2, 0) is 14.9 Å². The van der Waals surface area contributed by atoms with E-state index in [4.69, 9.17) is 18.1 Å². The van der Waals surface area contributed by atoms with Gasteiger partial charge in [0, 0.05) is 0 Å². The molecular weight excluding hydrogens is 273 g/mol. The monoisotopic (exact) mass is 282 g/mol. The van der Waals surface area contributed by atoms with Gasteiger partial charge in [0.2, 0.25) is 0 Å². The molecule has 0 aliphatic carbocycles. The lowest BCUT2D eigenvalue weighted by Crippen LogP contribution is -2.21. The molecule has 0 spiro atoms. The largest absolute Gasteiger partial charge is 0.522 e. The molecule has 0 radical (unpaired) electrons. The first-order valence-corrected chi connectivity index (χ1v) is 6.42. The molecule has 0 saturated carbocycles. The van der Waals surface area contributed by atoms with Crippen molar-refractivity contribution < 1.29 is 36.0 Å². The molecule has 1 atom stereocenters. The molecule has 0 aromatic carbocycles. The number of carboxylic acid groups (broad SMARTS) is 1. The molecule has 0 bridgehead atoms. The highest BCUT2D eigenvalue weighted by atomic mass is 32.2. The number of thioether (sulfide) groups is 1. The highest BCUT2D eigenvalue weighted by molar-refractivity contribution is 8.00. The Labute approximate surface area is 93.8 Å². The molecule has 10 heteroatoms. The summed E-state index contributed by atoms with van der Waals surface area (Å²) in [4.78, 5) is 10.2. The van der Waals surface area contributed by atoms with Crippen LogP contribution >= 0.6 is 11.8 Å². The van der Waals surface area contributed by atoms with Gasteiger partial charge in [-0.15, -0.1) is 11.8 Å². The van der Waals surface area contributed by atoms with Gasteiger partial charge >= 0.3 is 21.6 Å². The van der Waals surface area contributed by atoms with Crippen LogP contribution in [0.5, 0.6) is 0 Å². The molecular formula is C6H9F3O5S2. The van der Waals surface area contributed by atoms with E-state index in [9.17, 15) is 18.0 Å². The van der Waals surface area contributed by atoms with Crippen LogP contribution in [0.2, 0.25) is 0 Å². The fraction of sp³-hybridized carbons (Fsp3) is 0.833. The first-order chi connectivity index (χ1) is 7.05. The maximum atomic E-state index is 10.7. The summed E-state index contributed by atoms with van der Waals surface area (Å²) in [6.45, 7) is 0. The predicted molar refractivity (Wildman–Crippen MR) is 50.7 cm³/mol. The summed E-state index contributed by atoms with van der Waals surface area (Å²) in [5.41, 5.74) is -5.53. The molecule has 96 valence electrons. The second-order valence-corrected chi connectivity index (χ2v) is 5.48. The van der Waals surface area contributed by atoms with Crippen molar-refractivity contribution in [3.05, 3.63) is 0 Å². The van der Waals surface area contributed by atoms with E-state index in [1.807, 2.05) is 0 Å². The van der Waals surface area contributed by atoms with Gasteiger partial charge in [0.15, 0.2) is 0 Å². The van der Waals surface area contributed by atoms with Gasteiger partial charge in [-0.05, 0) is 18.6 Å². The maximum absolute atomic E-state index is 10.7. The van der Waals surface area contributed by atoms with Gasteiger partial charge in [0.25, 0.3) is 0 Å². The van der Waals surface area contributed by atoms with E-state index in [0.29, 0.717) is 0 Å². The Bertz CT molecular complexity index is 331. The molecule has 16 heavy (non-hydrogen) atoms. The summed E-state index contributed by atoms with van der Waals surface area (Å²) >= 11 is 1.55. The fourth-order valence-corrected chi connectivity index (χ4v) is 1.87. The molecule has 5 nitrogen and oxygen atoms in total. The number of hydrogen-bond donors (Lipinski definition) is 2. The van der Waals surface area contributed by atoms with Crippen molar-refractivity contribution >= 4 is 27.8 Å². The van der Waals surface area contributed by atoms with Crippen LogP contribution < -0.4 is 0 Å². The average Bonchev–Trinajstić information content (AvgIpc) is 2.51. The Morgan fingerprint density at radius 3 is 1.94 bits per heavy atom. The molecule has 1 aliphatic rings. The molecule has 2 N–H and O–H groups in total. The number of alkyl halides is 3. The second-order valence-electron chi connectivity index (χ2n) is 2.76. The number of hydrogen-bond acceptors (Lipinski definition) is 4. The van der Waals surface area contributed by atoms with Gasteiger partial charge in [-0.3, -0.25) is 9.35 Å². The Morgan fingerprint density at radius 2 is 1.81 bits per heavy atom. The molecule has 0 amide bonds. The number of carbonyl (C=O) groups is 1. The standard InChI is InChI=1S/C5H8O2S.CHF3O3S/c6-5(7)4-2-1-3-8-4;2-1(3,4)8(5,6)7/h4H,1-3H2,(H,6,7);(H,5,6,7). The van der Waals surface area contributed by atoms with Crippen molar-refractivity contribution in [3.8, 4) is 0 Å². The Kier molecular flexibility index (Phi) is 5.56. The van der Waals surface area contributed by atoms with Gasteiger partial charge in [-0.1, -0.05) is 0 Å². The van der Waals surface area contributed by atoms with E-state index >= 15 is 0 Å². The summed E-state index contributed by atoms with van der Waals surface area (Å²) in [6.07, 6.45) is 1.93. The van der Waals surface area contributed by atoms with Gasteiger partial charge in [0.05, 0.1) is 0 Å². The molecule has 1 fully saturated rings. The van der Waals surface area contributed by atoms with Crippen LogP contribution in [0, 0.1) is 0 Å². The van der Waals surface area contributed by atoms with E-state index in [1.165, 1.54) is 0 Å². The number of halogens is 3. The van der Waals surface area contributed by atoms with Gasteiger partial charge in [-0.25, -0.2) is 0 Å². The SMILES string of the molecule is O=C(O)C1CCCS1.O=S(=O)(O)C(F)(F)F. The molecule has 0 aromatic heterocycles. The fourth-order valence-electron chi connectivity index (χ4n) is 0.772. The predicted octanol–water partition coefficient (Wildman–Crippen LogP) is 1.36. The topological polar surface area (TPSA) is 91.7 Å². The zero-order valence-electron chi connectivity index (χ0n) is 7.77. The van der Waals surface area contributed by atoms with Crippen LogP contribution in [0.1, 0.15) is 12.8 Å². The van der Waals surface area contributed by atoms with E-state index < -0.39 is 21.6 Å². The lowest BCUT2D eigenvalue weighted by molar-refractivity contribution is -0.136. The molecule has 1 rings (SSSR count). The highest BCUT2D eigenvalue weighted by Gasteiger charge is 2.44. The lowest BCUT2D eigenvalue weighted by Gasteiger charge is -1.97. The van der Waals surface area contributed by atoms with Crippen LogP contribution in [0.15, 0.2) is 0 Å². The van der Waals surface area contributed by atoms with E-state index in [-0.39, 0.29) is 5.25 Å². The minimum atomic E-state index is -5.84. The van der Waals surface area contributed by atoms with Crippen molar-refractivity contribution in [2.75, 3.05) is 5.75 Å². The molecule has 0 aromatic rings. The number of carboxylic acids is 1. The van der Waals surface area contributed by atoms with Crippen molar-refractivity contribution in [2.45, 2.75) is 23.6 Å². The van der Waals surface area contributed by atoms with Crippen LogP contribution in [0.25, 0.3) is 0 Å². The summed E-state index contributed by atoms with van der Waals surface area (Å²) in [5.74, 6) is 0.379. The van der Waals surface area contributed by atoms with Crippen molar-refractivity contribution in [1.82, 2.24) is 0 Å². The zero-order chi connectivity index (χ0) is 13.0. The van der Waals surface area contributed by atoms with Crippen molar-refractivity contribution in [2.24, 2.45) is 0 Å². The minimum Gasteiger partial charge on any atom is -0.480 e. The van der Waals surface area contributed by atoms with Gasteiger partial charge in [0.1, 0.15) is 5.25 Å². The van der Waals surface area contributed by atoms with Crippen LogP contribution in [0.4, 0.5) is 13.2 Å². The Hall–Kier alpha value is -0.480. The van der Waals surface area contributed by atoms with Crippen LogP contribution in [0.3, 0.4) is 0 Å². The first kappa shape index (κ1) is 15.5. The van der Waals surface area contributed by atoms with E-state index in [0.717, 1.165) is 18.6 Å². The summed E-state index contributed by atoms with van der Waals surface area (Å²) in [5, 5.41) is 8.29. The van der Waals surface area contributed by atoms with E-state index in [2.05, 4.69) is 0 Å². The number of rotatable bonds is 1. The zero-order valence-corrected chi connectivity index (χ0v) is 9.40. The number of aliphatic carboxylic acids is 1. The second kappa shape index (κ2) is 5.73. The molecule has 1 heterocycles. The smallest absolute Gasteiger partial charge is 0.480 e. The highest BCUT2D eigenvalue weighted by Crippen LogP contribution is 2.25. The van der Waals surface area contributed by atoms with Gasteiger partial charge < -0.3 is 5.11 Å². The lowest BCUT2D eigenvalue weighted by atomic mass is 10.3. The third kappa shape index (κ3) is 5.56. The Morgan fingerprint density at radius 1 is 1.38 bits per heavy atom. The molecule has 1 unspecified atom stereocenters. The summed E-state index contributed by atoms with van der Waals surface area (Å²) in [7, 11) is -5.84. The van der Waals surface area contributed by atoms with Gasteiger partial charge in [-0.2, -0.15) is 21.6 Å². The first-order valence-electron chi connectivity index (χ1n) is 3.94. The van der Waals surface area contributed by atoms with Crippen LogP contribution in [-0.4, -0.2) is 40.6 Å². The molecule has 1 saturated heterocycles. The third-order valence-corrected chi connectivity index (χ3v) is 3.45.